The Morgan fingerprint density at radius 1 is 0.952 bits per heavy atom. The van der Waals surface area contributed by atoms with E-state index in [2.05, 4.69) is 24.4 Å². The Morgan fingerprint density at radius 3 is 2.33 bits per heavy atom. The number of para-hydroxylation sites is 1. The molecule has 1 N–H and O–H groups in total. The summed E-state index contributed by atoms with van der Waals surface area (Å²) in [5.41, 5.74) is 1.26. The number of hydrogen-bond donors (Lipinski definition) is 1. The van der Waals surface area contributed by atoms with Crippen molar-refractivity contribution in [3.63, 3.8) is 0 Å². The van der Waals surface area contributed by atoms with Crippen LogP contribution < -0.4 is 14.8 Å². The fourth-order valence-corrected chi connectivity index (χ4v) is 2.11. The topological polar surface area (TPSA) is 30.5 Å². The fraction of sp³-hybridized carbons (Fsp3) is 0.333. The van der Waals surface area contributed by atoms with Crippen molar-refractivity contribution in [2.75, 3.05) is 20.3 Å². The zero-order valence-corrected chi connectivity index (χ0v) is 12.7. The maximum Gasteiger partial charge on any atom is 0.119 e. The SMILES string of the molecule is COc1ccc([C@H](C)NCCCOc2ccccc2)cc1. The van der Waals surface area contributed by atoms with Crippen molar-refractivity contribution >= 4 is 0 Å². The van der Waals surface area contributed by atoms with Crippen molar-refractivity contribution in [2.45, 2.75) is 19.4 Å². The summed E-state index contributed by atoms with van der Waals surface area (Å²) in [4.78, 5) is 0. The summed E-state index contributed by atoms with van der Waals surface area (Å²) in [6.45, 7) is 3.83. The molecule has 0 amide bonds. The van der Waals surface area contributed by atoms with Crippen LogP contribution in [0.4, 0.5) is 0 Å². The molecule has 0 saturated carbocycles. The minimum atomic E-state index is 0.327. The first-order valence-corrected chi connectivity index (χ1v) is 7.35. The molecule has 3 heteroatoms. The highest BCUT2D eigenvalue weighted by Gasteiger charge is 2.04. The number of methoxy groups -OCH3 is 1. The fourth-order valence-electron chi connectivity index (χ4n) is 2.11. The lowest BCUT2D eigenvalue weighted by Gasteiger charge is -2.15. The van der Waals surface area contributed by atoms with Crippen molar-refractivity contribution in [1.29, 1.82) is 0 Å². The average molecular weight is 285 g/mol. The van der Waals surface area contributed by atoms with Crippen molar-refractivity contribution in [3.8, 4) is 11.5 Å². The molecule has 21 heavy (non-hydrogen) atoms. The molecule has 3 nitrogen and oxygen atoms in total. The van der Waals surface area contributed by atoms with Gasteiger partial charge in [-0.15, -0.1) is 0 Å². The molecule has 112 valence electrons. The van der Waals surface area contributed by atoms with Crippen LogP contribution in [0.25, 0.3) is 0 Å². The predicted octanol–water partition coefficient (Wildman–Crippen LogP) is 3.81. The third-order valence-corrected chi connectivity index (χ3v) is 3.40. The Bertz CT molecular complexity index is 511. The number of benzene rings is 2. The molecule has 0 aliphatic heterocycles. The van der Waals surface area contributed by atoms with E-state index in [1.807, 2.05) is 42.5 Å². The van der Waals surface area contributed by atoms with Crippen molar-refractivity contribution in [2.24, 2.45) is 0 Å². The van der Waals surface area contributed by atoms with Gasteiger partial charge in [0.1, 0.15) is 11.5 Å². The number of rotatable bonds is 8. The van der Waals surface area contributed by atoms with Gasteiger partial charge in [-0.05, 0) is 49.7 Å². The van der Waals surface area contributed by atoms with Gasteiger partial charge in [-0.1, -0.05) is 30.3 Å². The van der Waals surface area contributed by atoms with Gasteiger partial charge in [-0.2, -0.15) is 0 Å². The highest BCUT2D eigenvalue weighted by Crippen LogP contribution is 2.17. The molecule has 0 bridgehead atoms. The molecule has 1 atom stereocenters. The number of nitrogens with one attached hydrogen (secondary N) is 1. The second-order valence-electron chi connectivity index (χ2n) is 4.96. The van der Waals surface area contributed by atoms with Crippen LogP contribution in [-0.4, -0.2) is 20.3 Å². The van der Waals surface area contributed by atoms with Gasteiger partial charge in [0.15, 0.2) is 0 Å². The molecule has 0 aliphatic rings. The molecule has 0 heterocycles. The van der Waals surface area contributed by atoms with Gasteiger partial charge >= 0.3 is 0 Å². The normalized spacial score (nSPS) is 11.9. The van der Waals surface area contributed by atoms with Gasteiger partial charge < -0.3 is 14.8 Å². The summed E-state index contributed by atoms with van der Waals surface area (Å²) in [5, 5.41) is 3.50. The van der Waals surface area contributed by atoms with Crippen molar-refractivity contribution < 1.29 is 9.47 Å². The minimum Gasteiger partial charge on any atom is -0.497 e. The highest BCUT2D eigenvalue weighted by molar-refractivity contribution is 5.28. The second-order valence-corrected chi connectivity index (χ2v) is 4.96. The monoisotopic (exact) mass is 285 g/mol. The van der Waals surface area contributed by atoms with Crippen molar-refractivity contribution in [3.05, 3.63) is 60.2 Å². The van der Waals surface area contributed by atoms with E-state index in [1.54, 1.807) is 7.11 Å². The lowest BCUT2D eigenvalue weighted by atomic mass is 10.1. The minimum absolute atomic E-state index is 0.327. The lowest BCUT2D eigenvalue weighted by molar-refractivity contribution is 0.305. The lowest BCUT2D eigenvalue weighted by Crippen LogP contribution is -2.21. The van der Waals surface area contributed by atoms with Gasteiger partial charge in [-0.3, -0.25) is 0 Å². The molecule has 0 radical (unpaired) electrons. The Kier molecular flexibility index (Phi) is 6.10. The van der Waals surface area contributed by atoms with Gasteiger partial charge in [0.2, 0.25) is 0 Å². The molecule has 0 aliphatic carbocycles. The van der Waals surface area contributed by atoms with Crippen LogP contribution >= 0.6 is 0 Å². The molecule has 0 fully saturated rings. The second kappa shape index (κ2) is 8.32. The molecular formula is C18H23NO2. The maximum absolute atomic E-state index is 5.67. The summed E-state index contributed by atoms with van der Waals surface area (Å²) in [5.74, 6) is 1.82. The van der Waals surface area contributed by atoms with Crippen LogP contribution in [0.3, 0.4) is 0 Å². The Morgan fingerprint density at radius 2 is 1.67 bits per heavy atom. The predicted molar refractivity (Wildman–Crippen MR) is 86.0 cm³/mol. The van der Waals surface area contributed by atoms with E-state index < -0.39 is 0 Å². The van der Waals surface area contributed by atoms with E-state index in [-0.39, 0.29) is 0 Å². The van der Waals surface area contributed by atoms with E-state index in [1.165, 1.54) is 5.56 Å². The summed E-state index contributed by atoms with van der Waals surface area (Å²) in [6.07, 6.45) is 0.982. The Hall–Kier alpha value is -2.00. The van der Waals surface area contributed by atoms with Gasteiger partial charge in [-0.25, -0.2) is 0 Å². The first-order chi connectivity index (χ1) is 10.3. The summed E-state index contributed by atoms with van der Waals surface area (Å²) in [6, 6.07) is 18.4. The number of hydrogen-bond acceptors (Lipinski definition) is 3. The summed E-state index contributed by atoms with van der Waals surface area (Å²) < 4.78 is 10.8. The quantitative estimate of drug-likeness (QED) is 0.748. The Labute approximate surface area is 126 Å². The van der Waals surface area contributed by atoms with E-state index in [4.69, 9.17) is 9.47 Å². The molecule has 2 rings (SSSR count). The van der Waals surface area contributed by atoms with E-state index in [0.717, 1.165) is 31.1 Å². The van der Waals surface area contributed by atoms with Crippen LogP contribution in [-0.2, 0) is 0 Å². The van der Waals surface area contributed by atoms with Crippen molar-refractivity contribution in [1.82, 2.24) is 5.32 Å². The van der Waals surface area contributed by atoms with Gasteiger partial charge in [0, 0.05) is 6.04 Å². The molecule has 0 spiro atoms. The van der Waals surface area contributed by atoms with Crippen LogP contribution in [0, 0.1) is 0 Å². The summed E-state index contributed by atoms with van der Waals surface area (Å²) >= 11 is 0. The molecular weight excluding hydrogens is 262 g/mol. The van der Waals surface area contributed by atoms with E-state index in [9.17, 15) is 0 Å². The zero-order chi connectivity index (χ0) is 14.9. The average Bonchev–Trinajstić information content (AvgIpc) is 2.55. The third kappa shape index (κ3) is 5.12. The van der Waals surface area contributed by atoms with Crippen LogP contribution in [0.15, 0.2) is 54.6 Å². The third-order valence-electron chi connectivity index (χ3n) is 3.40. The molecule has 0 saturated heterocycles. The zero-order valence-electron chi connectivity index (χ0n) is 12.7. The van der Waals surface area contributed by atoms with E-state index >= 15 is 0 Å². The van der Waals surface area contributed by atoms with Crippen LogP contribution in [0.5, 0.6) is 11.5 Å². The standard InChI is InChI=1S/C18H23NO2/c1-15(16-9-11-17(20-2)12-10-16)19-13-6-14-21-18-7-4-3-5-8-18/h3-5,7-12,15,19H,6,13-14H2,1-2H3/t15-/m0/s1. The van der Waals surface area contributed by atoms with Crippen LogP contribution in [0.2, 0.25) is 0 Å². The van der Waals surface area contributed by atoms with E-state index in [0.29, 0.717) is 6.04 Å². The first kappa shape index (κ1) is 15.4. The molecule has 0 unspecified atom stereocenters. The summed E-state index contributed by atoms with van der Waals surface area (Å²) in [7, 11) is 1.68. The Balaban J connectivity index is 1.65. The largest absolute Gasteiger partial charge is 0.497 e. The van der Waals surface area contributed by atoms with Gasteiger partial charge in [0.05, 0.1) is 13.7 Å². The molecule has 0 aromatic heterocycles. The highest BCUT2D eigenvalue weighted by atomic mass is 16.5. The van der Waals surface area contributed by atoms with Crippen LogP contribution in [0.1, 0.15) is 24.9 Å². The maximum atomic E-state index is 5.67. The van der Waals surface area contributed by atoms with Gasteiger partial charge in [0.25, 0.3) is 0 Å². The first-order valence-electron chi connectivity index (χ1n) is 7.35. The molecule has 2 aromatic rings. The number of ether oxygens (including phenoxy) is 2. The smallest absolute Gasteiger partial charge is 0.119 e. The molecule has 2 aromatic carbocycles.